The Labute approximate surface area is 179 Å². The molecule has 1 saturated heterocycles. The van der Waals surface area contributed by atoms with Crippen molar-refractivity contribution in [1.29, 1.82) is 0 Å². The van der Waals surface area contributed by atoms with Gasteiger partial charge < -0.3 is 4.90 Å². The van der Waals surface area contributed by atoms with Gasteiger partial charge in [0.2, 0.25) is 11.7 Å². The zero-order chi connectivity index (χ0) is 24.1. The molecule has 0 spiro atoms. The van der Waals surface area contributed by atoms with E-state index in [1.54, 1.807) is 0 Å². The van der Waals surface area contributed by atoms with E-state index in [0.29, 0.717) is 6.07 Å². The van der Waals surface area contributed by atoms with Crippen molar-refractivity contribution in [3.05, 3.63) is 48.0 Å². The standard InChI is InChI=1S/C19H17F6N3O3S/c1-17(2,32(30,31)14-5-3-4-11(6-14)18(20,21)22)12-7-15(29)28(10-12)13-8-26-16(27-9-13)19(23,24)25/h3-6,8-9,12H,7,10H2,1-2H3/t12-/m1/s1. The number of nitrogens with zero attached hydrogens (tertiary/aromatic N) is 3. The Bertz CT molecular complexity index is 1130. The third-order valence-electron chi connectivity index (χ3n) is 5.48. The first kappa shape index (κ1) is 24.0. The average Bonchev–Trinajstić information content (AvgIpc) is 3.09. The van der Waals surface area contributed by atoms with Crippen LogP contribution in [0.3, 0.4) is 0 Å². The molecule has 0 unspecified atom stereocenters. The number of anilines is 1. The van der Waals surface area contributed by atoms with Crippen molar-refractivity contribution in [2.45, 2.75) is 42.3 Å². The lowest BCUT2D eigenvalue weighted by Gasteiger charge is -2.31. The van der Waals surface area contributed by atoms with Gasteiger partial charge in [0.05, 0.1) is 33.3 Å². The topological polar surface area (TPSA) is 80.2 Å². The minimum atomic E-state index is -4.77. The van der Waals surface area contributed by atoms with Crippen LogP contribution in [-0.4, -0.2) is 35.6 Å². The lowest BCUT2D eigenvalue weighted by molar-refractivity contribution is -0.145. The first-order chi connectivity index (χ1) is 14.5. The summed E-state index contributed by atoms with van der Waals surface area (Å²) in [6, 6.07) is 3.31. The van der Waals surface area contributed by atoms with Crippen LogP contribution in [-0.2, 0) is 27.0 Å². The normalized spacial score (nSPS) is 18.3. The van der Waals surface area contributed by atoms with Gasteiger partial charge in [-0.15, -0.1) is 0 Å². The summed E-state index contributed by atoms with van der Waals surface area (Å²) in [7, 11) is -4.32. The highest BCUT2D eigenvalue weighted by Crippen LogP contribution is 2.40. The van der Waals surface area contributed by atoms with Crippen LogP contribution in [0.25, 0.3) is 0 Å². The van der Waals surface area contributed by atoms with Gasteiger partial charge in [-0.05, 0) is 32.0 Å². The number of hydrogen-bond donors (Lipinski definition) is 0. The zero-order valence-corrected chi connectivity index (χ0v) is 17.5. The summed E-state index contributed by atoms with van der Waals surface area (Å²) < 4.78 is 102. The van der Waals surface area contributed by atoms with Crippen molar-refractivity contribution in [2.24, 2.45) is 5.92 Å². The van der Waals surface area contributed by atoms with Crippen molar-refractivity contribution in [3.63, 3.8) is 0 Å². The predicted molar refractivity (Wildman–Crippen MR) is 100 cm³/mol. The van der Waals surface area contributed by atoms with Crippen LogP contribution in [0.4, 0.5) is 32.0 Å². The number of carbonyl (C=O) groups is 1. The van der Waals surface area contributed by atoms with Crippen LogP contribution in [0, 0.1) is 5.92 Å². The van der Waals surface area contributed by atoms with Gasteiger partial charge in [-0.3, -0.25) is 4.79 Å². The van der Waals surface area contributed by atoms with Crippen LogP contribution >= 0.6 is 0 Å². The molecule has 3 rings (SSSR count). The molecule has 0 saturated carbocycles. The number of hydrogen-bond acceptors (Lipinski definition) is 5. The van der Waals surface area contributed by atoms with E-state index in [-0.39, 0.29) is 18.7 Å². The number of halogens is 6. The second-order valence-corrected chi connectivity index (χ2v) is 10.3. The molecule has 0 bridgehead atoms. The summed E-state index contributed by atoms with van der Waals surface area (Å²) in [6.45, 7) is 2.42. The number of alkyl halides is 6. The summed E-state index contributed by atoms with van der Waals surface area (Å²) in [6.07, 6.45) is -8.16. The van der Waals surface area contributed by atoms with E-state index in [1.807, 2.05) is 0 Å². The Morgan fingerprint density at radius 1 is 1.00 bits per heavy atom. The maximum absolute atomic E-state index is 13.2. The molecule has 13 heteroatoms. The highest BCUT2D eigenvalue weighted by Gasteiger charge is 2.49. The van der Waals surface area contributed by atoms with E-state index in [9.17, 15) is 39.6 Å². The van der Waals surface area contributed by atoms with Crippen LogP contribution in [0.15, 0.2) is 41.6 Å². The van der Waals surface area contributed by atoms with E-state index >= 15 is 0 Å². The molecule has 1 fully saturated rings. The fourth-order valence-electron chi connectivity index (χ4n) is 3.39. The Kier molecular flexibility index (Phi) is 5.77. The van der Waals surface area contributed by atoms with E-state index < -0.39 is 55.0 Å². The van der Waals surface area contributed by atoms with Crippen molar-refractivity contribution in [1.82, 2.24) is 9.97 Å². The van der Waals surface area contributed by atoms with Crippen LogP contribution < -0.4 is 4.90 Å². The van der Waals surface area contributed by atoms with Crippen molar-refractivity contribution in [2.75, 3.05) is 11.4 Å². The van der Waals surface area contributed by atoms with Crippen molar-refractivity contribution >= 4 is 21.4 Å². The number of sulfone groups is 1. The molecule has 0 radical (unpaired) electrons. The van der Waals surface area contributed by atoms with Gasteiger partial charge in [0, 0.05) is 18.9 Å². The second-order valence-electron chi connectivity index (χ2n) is 7.80. The summed E-state index contributed by atoms with van der Waals surface area (Å²) >= 11 is 0. The summed E-state index contributed by atoms with van der Waals surface area (Å²) in [5.41, 5.74) is -1.17. The number of benzene rings is 1. The number of amides is 1. The third kappa shape index (κ3) is 4.30. The largest absolute Gasteiger partial charge is 0.451 e. The Hall–Kier alpha value is -2.70. The zero-order valence-electron chi connectivity index (χ0n) is 16.7. The monoisotopic (exact) mass is 481 g/mol. The fraction of sp³-hybridized carbons (Fsp3) is 0.421. The molecule has 6 nitrogen and oxygen atoms in total. The lowest BCUT2D eigenvalue weighted by Crippen LogP contribution is -2.41. The first-order valence-electron chi connectivity index (χ1n) is 9.16. The lowest BCUT2D eigenvalue weighted by atomic mass is 9.94. The minimum Gasteiger partial charge on any atom is -0.309 e. The van der Waals surface area contributed by atoms with E-state index in [4.69, 9.17) is 0 Å². The second kappa shape index (κ2) is 7.71. The van der Waals surface area contributed by atoms with Gasteiger partial charge in [-0.2, -0.15) is 26.3 Å². The summed E-state index contributed by atoms with van der Waals surface area (Å²) in [4.78, 5) is 19.4. The summed E-state index contributed by atoms with van der Waals surface area (Å²) in [5, 5.41) is 0. The van der Waals surface area contributed by atoms with Gasteiger partial charge in [0.25, 0.3) is 0 Å². The maximum Gasteiger partial charge on any atom is 0.451 e. The van der Waals surface area contributed by atoms with Crippen LogP contribution in [0.2, 0.25) is 0 Å². The van der Waals surface area contributed by atoms with E-state index in [0.717, 1.165) is 35.5 Å². The van der Waals surface area contributed by atoms with Crippen molar-refractivity contribution < 1.29 is 39.6 Å². The molecule has 1 atom stereocenters. The number of carbonyl (C=O) groups excluding carboxylic acids is 1. The third-order valence-corrected chi connectivity index (χ3v) is 8.07. The molecule has 1 aliphatic heterocycles. The highest BCUT2D eigenvalue weighted by molar-refractivity contribution is 7.92. The number of aromatic nitrogens is 2. The predicted octanol–water partition coefficient (Wildman–Crippen LogP) is 4.12. The van der Waals surface area contributed by atoms with Gasteiger partial charge in [0.1, 0.15) is 0 Å². The first-order valence-corrected chi connectivity index (χ1v) is 10.6. The number of rotatable bonds is 4. The highest BCUT2D eigenvalue weighted by atomic mass is 32.2. The Balaban J connectivity index is 1.89. The van der Waals surface area contributed by atoms with Crippen LogP contribution in [0.1, 0.15) is 31.7 Å². The Morgan fingerprint density at radius 3 is 2.12 bits per heavy atom. The fourth-order valence-corrected chi connectivity index (χ4v) is 5.14. The van der Waals surface area contributed by atoms with E-state index in [2.05, 4.69) is 9.97 Å². The maximum atomic E-state index is 13.2. The quantitative estimate of drug-likeness (QED) is 0.614. The molecule has 174 valence electrons. The molecule has 0 aliphatic carbocycles. The van der Waals surface area contributed by atoms with E-state index in [1.165, 1.54) is 13.8 Å². The molecule has 1 amide bonds. The molecule has 1 aromatic carbocycles. The van der Waals surface area contributed by atoms with Gasteiger partial charge in [-0.25, -0.2) is 18.4 Å². The molecular weight excluding hydrogens is 464 g/mol. The Morgan fingerprint density at radius 2 is 1.59 bits per heavy atom. The van der Waals surface area contributed by atoms with Gasteiger partial charge >= 0.3 is 12.4 Å². The molecule has 2 heterocycles. The van der Waals surface area contributed by atoms with Crippen molar-refractivity contribution in [3.8, 4) is 0 Å². The molecule has 1 aromatic heterocycles. The molecular formula is C19H17F6N3O3S. The van der Waals surface area contributed by atoms with Crippen LogP contribution in [0.5, 0.6) is 0 Å². The summed E-state index contributed by atoms with van der Waals surface area (Å²) in [5.74, 6) is -2.81. The molecule has 0 N–H and O–H groups in total. The SMILES string of the molecule is CC(C)([C@@H]1CC(=O)N(c2cnc(C(F)(F)F)nc2)C1)S(=O)(=O)c1cccc(C(F)(F)F)c1. The minimum absolute atomic E-state index is 0.0437. The average molecular weight is 481 g/mol. The van der Waals surface area contributed by atoms with Gasteiger partial charge in [-0.1, -0.05) is 6.07 Å². The van der Waals surface area contributed by atoms with Gasteiger partial charge in [0.15, 0.2) is 9.84 Å². The molecule has 1 aliphatic rings. The molecule has 32 heavy (non-hydrogen) atoms. The molecule has 2 aromatic rings. The smallest absolute Gasteiger partial charge is 0.309 e.